The SMILES string of the molecule is COC(=O)[C@@H](Cc1cccc(C)c1)NC(=O)CCc1ccccc1. The van der Waals surface area contributed by atoms with E-state index in [4.69, 9.17) is 4.74 Å². The zero-order chi connectivity index (χ0) is 17.4. The van der Waals surface area contributed by atoms with Crippen LogP contribution in [0.5, 0.6) is 0 Å². The lowest BCUT2D eigenvalue weighted by atomic mass is 10.0. The summed E-state index contributed by atoms with van der Waals surface area (Å²) in [4.78, 5) is 24.2. The number of amides is 1. The minimum absolute atomic E-state index is 0.151. The summed E-state index contributed by atoms with van der Waals surface area (Å²) in [6.07, 6.45) is 1.40. The summed E-state index contributed by atoms with van der Waals surface area (Å²) in [6.45, 7) is 2.00. The van der Waals surface area contributed by atoms with Crippen molar-refractivity contribution in [2.24, 2.45) is 0 Å². The minimum Gasteiger partial charge on any atom is -0.467 e. The molecule has 4 heteroatoms. The zero-order valence-electron chi connectivity index (χ0n) is 14.1. The standard InChI is InChI=1S/C20H23NO3/c1-15-7-6-10-17(13-15)14-18(20(23)24-2)21-19(22)12-11-16-8-4-3-5-9-16/h3-10,13,18H,11-12,14H2,1-2H3,(H,21,22)/t18-/m1/s1. The Morgan fingerprint density at radius 1 is 1.04 bits per heavy atom. The van der Waals surface area contributed by atoms with Crippen LogP contribution in [0.25, 0.3) is 0 Å². The Morgan fingerprint density at radius 2 is 1.75 bits per heavy atom. The molecule has 0 aliphatic heterocycles. The molecule has 0 aromatic heterocycles. The number of carbonyl (C=O) groups is 2. The van der Waals surface area contributed by atoms with Gasteiger partial charge in [-0.05, 0) is 24.5 Å². The molecule has 0 aliphatic rings. The quantitative estimate of drug-likeness (QED) is 0.797. The average Bonchev–Trinajstić information content (AvgIpc) is 2.59. The molecule has 1 amide bonds. The van der Waals surface area contributed by atoms with E-state index >= 15 is 0 Å². The summed E-state index contributed by atoms with van der Waals surface area (Å²) in [5, 5.41) is 2.79. The second-order valence-corrected chi connectivity index (χ2v) is 5.82. The van der Waals surface area contributed by atoms with Gasteiger partial charge in [0.05, 0.1) is 7.11 Å². The van der Waals surface area contributed by atoms with E-state index in [1.54, 1.807) is 0 Å². The fraction of sp³-hybridized carbons (Fsp3) is 0.300. The lowest BCUT2D eigenvalue weighted by molar-refractivity contribution is -0.145. The van der Waals surface area contributed by atoms with Crippen LogP contribution >= 0.6 is 0 Å². The fourth-order valence-electron chi connectivity index (χ4n) is 2.58. The van der Waals surface area contributed by atoms with E-state index in [0.717, 1.165) is 16.7 Å². The van der Waals surface area contributed by atoms with Crippen LogP contribution in [0, 0.1) is 6.92 Å². The number of hydrogen-bond acceptors (Lipinski definition) is 3. The second-order valence-electron chi connectivity index (χ2n) is 5.82. The van der Waals surface area contributed by atoms with E-state index in [0.29, 0.717) is 19.3 Å². The van der Waals surface area contributed by atoms with E-state index in [1.165, 1.54) is 7.11 Å². The van der Waals surface area contributed by atoms with Crippen LogP contribution in [0.4, 0.5) is 0 Å². The molecule has 1 atom stereocenters. The Morgan fingerprint density at radius 3 is 2.42 bits per heavy atom. The van der Waals surface area contributed by atoms with Gasteiger partial charge >= 0.3 is 5.97 Å². The van der Waals surface area contributed by atoms with Crippen molar-refractivity contribution >= 4 is 11.9 Å². The third kappa shape index (κ3) is 5.54. The van der Waals surface area contributed by atoms with Gasteiger partial charge in [0.15, 0.2) is 0 Å². The molecular formula is C20H23NO3. The highest BCUT2D eigenvalue weighted by Crippen LogP contribution is 2.09. The number of ether oxygens (including phenoxy) is 1. The molecule has 0 spiro atoms. The number of carbonyl (C=O) groups excluding carboxylic acids is 2. The molecular weight excluding hydrogens is 302 g/mol. The first-order valence-electron chi connectivity index (χ1n) is 8.05. The molecule has 4 nitrogen and oxygen atoms in total. The number of esters is 1. The molecule has 0 saturated carbocycles. The Kier molecular flexibility index (Phi) is 6.55. The zero-order valence-corrected chi connectivity index (χ0v) is 14.1. The van der Waals surface area contributed by atoms with E-state index in [2.05, 4.69) is 5.32 Å². The van der Waals surface area contributed by atoms with Gasteiger partial charge in [-0.1, -0.05) is 60.2 Å². The maximum absolute atomic E-state index is 12.2. The molecule has 24 heavy (non-hydrogen) atoms. The molecule has 0 heterocycles. The average molecular weight is 325 g/mol. The van der Waals surface area contributed by atoms with Crippen LogP contribution in [0.2, 0.25) is 0 Å². The van der Waals surface area contributed by atoms with E-state index in [1.807, 2.05) is 61.5 Å². The van der Waals surface area contributed by atoms with Crippen LogP contribution in [0.15, 0.2) is 54.6 Å². The summed E-state index contributed by atoms with van der Waals surface area (Å²) in [7, 11) is 1.34. The molecule has 0 unspecified atom stereocenters. The van der Waals surface area contributed by atoms with Gasteiger partial charge in [0.2, 0.25) is 5.91 Å². The largest absolute Gasteiger partial charge is 0.467 e. The van der Waals surface area contributed by atoms with Gasteiger partial charge in [0, 0.05) is 12.8 Å². The first-order valence-corrected chi connectivity index (χ1v) is 8.05. The van der Waals surface area contributed by atoms with Gasteiger partial charge in [-0.2, -0.15) is 0 Å². The van der Waals surface area contributed by atoms with Crippen LogP contribution in [-0.4, -0.2) is 25.0 Å². The van der Waals surface area contributed by atoms with Crippen LogP contribution in [0.3, 0.4) is 0 Å². The molecule has 0 radical (unpaired) electrons. The normalized spacial score (nSPS) is 11.6. The minimum atomic E-state index is -0.667. The Bertz CT molecular complexity index is 682. The third-order valence-corrected chi connectivity index (χ3v) is 3.83. The van der Waals surface area contributed by atoms with Crippen molar-refractivity contribution in [3.05, 3.63) is 71.3 Å². The third-order valence-electron chi connectivity index (χ3n) is 3.83. The van der Waals surface area contributed by atoms with Gasteiger partial charge in [-0.25, -0.2) is 4.79 Å². The van der Waals surface area contributed by atoms with E-state index < -0.39 is 12.0 Å². The Labute approximate surface area is 142 Å². The lowest BCUT2D eigenvalue weighted by Crippen LogP contribution is -2.43. The molecule has 2 aromatic rings. The lowest BCUT2D eigenvalue weighted by Gasteiger charge is -2.17. The Balaban J connectivity index is 1.95. The predicted octanol–water partition coefficient (Wildman–Crippen LogP) is 2.83. The Hall–Kier alpha value is -2.62. The smallest absolute Gasteiger partial charge is 0.328 e. The van der Waals surface area contributed by atoms with Gasteiger partial charge in [0.1, 0.15) is 6.04 Å². The molecule has 2 aromatic carbocycles. The molecule has 0 saturated heterocycles. The molecule has 0 bridgehead atoms. The summed E-state index contributed by atoms with van der Waals surface area (Å²) < 4.78 is 4.82. The van der Waals surface area contributed by atoms with Gasteiger partial charge in [0.25, 0.3) is 0 Å². The summed E-state index contributed by atoms with van der Waals surface area (Å²) in [5.41, 5.74) is 3.21. The molecule has 1 N–H and O–H groups in total. The number of methoxy groups -OCH3 is 1. The van der Waals surface area contributed by atoms with Crippen molar-refractivity contribution in [1.29, 1.82) is 0 Å². The first kappa shape index (κ1) is 17.7. The maximum Gasteiger partial charge on any atom is 0.328 e. The van der Waals surface area contributed by atoms with Gasteiger partial charge in [-0.3, -0.25) is 4.79 Å². The van der Waals surface area contributed by atoms with Crippen molar-refractivity contribution in [2.45, 2.75) is 32.2 Å². The highest BCUT2D eigenvalue weighted by Gasteiger charge is 2.21. The summed E-state index contributed by atoms with van der Waals surface area (Å²) in [5.74, 6) is -0.577. The van der Waals surface area contributed by atoms with Crippen LogP contribution in [0.1, 0.15) is 23.1 Å². The van der Waals surface area contributed by atoms with Crippen molar-refractivity contribution in [1.82, 2.24) is 5.32 Å². The van der Waals surface area contributed by atoms with Crippen LogP contribution < -0.4 is 5.32 Å². The van der Waals surface area contributed by atoms with E-state index in [-0.39, 0.29) is 5.91 Å². The molecule has 0 aliphatic carbocycles. The van der Waals surface area contributed by atoms with E-state index in [9.17, 15) is 9.59 Å². The number of benzene rings is 2. The number of nitrogens with one attached hydrogen (secondary N) is 1. The number of rotatable bonds is 7. The highest BCUT2D eigenvalue weighted by molar-refractivity contribution is 5.84. The predicted molar refractivity (Wildman–Crippen MR) is 93.6 cm³/mol. The van der Waals surface area contributed by atoms with Gasteiger partial charge in [-0.15, -0.1) is 0 Å². The molecule has 2 rings (SSSR count). The summed E-state index contributed by atoms with van der Waals surface area (Å²) in [6, 6.07) is 17.0. The maximum atomic E-state index is 12.2. The topological polar surface area (TPSA) is 55.4 Å². The van der Waals surface area contributed by atoms with Crippen LogP contribution in [-0.2, 0) is 27.2 Å². The van der Waals surface area contributed by atoms with Crippen molar-refractivity contribution < 1.29 is 14.3 Å². The first-order chi connectivity index (χ1) is 11.6. The highest BCUT2D eigenvalue weighted by atomic mass is 16.5. The number of hydrogen-bond donors (Lipinski definition) is 1. The number of aryl methyl sites for hydroxylation is 2. The molecule has 0 fully saturated rings. The van der Waals surface area contributed by atoms with Gasteiger partial charge < -0.3 is 10.1 Å². The van der Waals surface area contributed by atoms with Crippen molar-refractivity contribution in [2.75, 3.05) is 7.11 Å². The van der Waals surface area contributed by atoms with Crippen molar-refractivity contribution in [3.8, 4) is 0 Å². The summed E-state index contributed by atoms with van der Waals surface area (Å²) >= 11 is 0. The monoisotopic (exact) mass is 325 g/mol. The van der Waals surface area contributed by atoms with Crippen molar-refractivity contribution in [3.63, 3.8) is 0 Å². The molecule has 126 valence electrons. The fourth-order valence-corrected chi connectivity index (χ4v) is 2.58. The second kappa shape index (κ2) is 8.87.